The molecule has 16 heavy (non-hydrogen) atoms. The zero-order valence-corrected chi connectivity index (χ0v) is 11.9. The molecule has 2 nitrogen and oxygen atoms in total. The highest BCUT2D eigenvalue weighted by Crippen LogP contribution is 2.49. The van der Waals surface area contributed by atoms with Crippen molar-refractivity contribution in [2.75, 3.05) is 11.1 Å². The van der Waals surface area contributed by atoms with Gasteiger partial charge in [0, 0.05) is 15.7 Å². The summed E-state index contributed by atoms with van der Waals surface area (Å²) in [5.41, 5.74) is 1.07. The number of halogens is 1. The van der Waals surface area contributed by atoms with Crippen LogP contribution in [0.5, 0.6) is 0 Å². The first-order valence-electron chi connectivity index (χ1n) is 5.30. The number of anilines is 1. The Labute approximate surface area is 115 Å². The topological polar surface area (TPSA) is 29.1 Å². The van der Waals surface area contributed by atoms with E-state index in [0.717, 1.165) is 24.3 Å². The summed E-state index contributed by atoms with van der Waals surface area (Å²) in [5.74, 6) is 0.917. The largest absolute Gasteiger partial charge is 0.326 e. The third-order valence-electron chi connectivity index (χ3n) is 2.96. The van der Waals surface area contributed by atoms with E-state index in [1.807, 2.05) is 24.3 Å². The average Bonchev–Trinajstić information content (AvgIpc) is 3.02. The van der Waals surface area contributed by atoms with E-state index in [1.54, 1.807) is 0 Å². The zero-order valence-electron chi connectivity index (χ0n) is 8.87. The summed E-state index contributed by atoms with van der Waals surface area (Å²) < 4.78 is 1.17. The first kappa shape index (κ1) is 12.2. The molecule has 0 unspecified atom stereocenters. The fourth-order valence-electron chi connectivity index (χ4n) is 1.65. The summed E-state index contributed by atoms with van der Waals surface area (Å²) in [6.45, 7) is 0. The molecule has 0 radical (unpaired) electrons. The second kappa shape index (κ2) is 4.96. The van der Waals surface area contributed by atoms with E-state index in [4.69, 9.17) is 0 Å². The molecule has 1 aliphatic carbocycles. The van der Waals surface area contributed by atoms with Gasteiger partial charge in [-0.3, -0.25) is 4.79 Å². The first-order chi connectivity index (χ1) is 7.63. The lowest BCUT2D eigenvalue weighted by Gasteiger charge is -2.11. The average molecular weight is 347 g/mol. The number of hydrogen-bond donors (Lipinski definition) is 2. The van der Waals surface area contributed by atoms with Crippen LogP contribution in [0.25, 0.3) is 0 Å². The number of rotatable bonds is 4. The molecule has 0 aliphatic heterocycles. The number of hydrogen-bond acceptors (Lipinski definition) is 2. The fourth-order valence-corrected chi connectivity index (χ4v) is 2.43. The van der Waals surface area contributed by atoms with E-state index in [0.29, 0.717) is 6.42 Å². The van der Waals surface area contributed by atoms with Gasteiger partial charge in [-0.2, -0.15) is 12.6 Å². The van der Waals surface area contributed by atoms with Gasteiger partial charge in [-0.1, -0.05) is 0 Å². The number of benzene rings is 1. The second-order valence-electron chi connectivity index (χ2n) is 4.39. The van der Waals surface area contributed by atoms with Gasteiger partial charge >= 0.3 is 0 Å². The van der Waals surface area contributed by atoms with Crippen molar-refractivity contribution in [2.24, 2.45) is 5.41 Å². The van der Waals surface area contributed by atoms with Crippen LogP contribution in [0.1, 0.15) is 19.3 Å². The normalized spacial score (nSPS) is 16.9. The number of nitrogens with one attached hydrogen (secondary N) is 1. The predicted molar refractivity (Wildman–Crippen MR) is 77.9 cm³/mol. The molecule has 1 fully saturated rings. The van der Waals surface area contributed by atoms with E-state index in [-0.39, 0.29) is 11.3 Å². The lowest BCUT2D eigenvalue weighted by Crippen LogP contribution is -2.18. The molecule has 1 aliphatic rings. The maximum Gasteiger partial charge on any atom is 0.224 e. The Hall–Kier alpha value is -0.230. The van der Waals surface area contributed by atoms with E-state index in [9.17, 15) is 4.79 Å². The summed E-state index contributed by atoms with van der Waals surface area (Å²) >= 11 is 6.54. The van der Waals surface area contributed by atoms with Gasteiger partial charge in [-0.15, -0.1) is 0 Å². The van der Waals surface area contributed by atoms with Crippen LogP contribution in [0, 0.1) is 8.99 Å². The van der Waals surface area contributed by atoms with Crippen LogP contribution < -0.4 is 5.32 Å². The third kappa shape index (κ3) is 3.13. The fraction of sp³-hybridized carbons (Fsp3) is 0.417. The second-order valence-corrected chi connectivity index (χ2v) is 5.95. The smallest absolute Gasteiger partial charge is 0.224 e. The Kier molecular flexibility index (Phi) is 3.79. The molecule has 0 bridgehead atoms. The summed E-state index contributed by atoms with van der Waals surface area (Å²) in [6.07, 6.45) is 2.87. The highest BCUT2D eigenvalue weighted by molar-refractivity contribution is 14.1. The van der Waals surface area contributed by atoms with Crippen molar-refractivity contribution in [3.05, 3.63) is 27.8 Å². The molecule has 1 saturated carbocycles. The van der Waals surface area contributed by atoms with E-state index < -0.39 is 0 Å². The summed E-state index contributed by atoms with van der Waals surface area (Å²) in [4.78, 5) is 11.8. The number of thiol groups is 1. The molecule has 0 aromatic heterocycles. The maximum absolute atomic E-state index is 11.8. The molecule has 0 heterocycles. The van der Waals surface area contributed by atoms with Gasteiger partial charge in [0.15, 0.2) is 0 Å². The van der Waals surface area contributed by atoms with Crippen LogP contribution in [0.2, 0.25) is 0 Å². The standard InChI is InChI=1S/C12H14INOS/c13-9-1-3-10(4-2-9)14-11(15)7-12(8-16)5-6-12/h1-4,16H,5-8H2,(H,14,15). The summed E-state index contributed by atoms with van der Waals surface area (Å²) in [5, 5.41) is 2.92. The molecule has 1 amide bonds. The van der Waals surface area contributed by atoms with Crippen molar-refractivity contribution in [3.63, 3.8) is 0 Å². The third-order valence-corrected chi connectivity index (χ3v) is 4.35. The Balaban J connectivity index is 1.90. The van der Waals surface area contributed by atoms with E-state index in [1.165, 1.54) is 3.57 Å². The van der Waals surface area contributed by atoms with Gasteiger partial charge in [0.05, 0.1) is 0 Å². The Morgan fingerprint density at radius 2 is 2.00 bits per heavy atom. The molecular weight excluding hydrogens is 333 g/mol. The quantitative estimate of drug-likeness (QED) is 0.635. The van der Waals surface area contributed by atoms with Gasteiger partial charge in [0.2, 0.25) is 5.91 Å². The first-order valence-corrected chi connectivity index (χ1v) is 7.01. The minimum atomic E-state index is 0.104. The van der Waals surface area contributed by atoms with Gasteiger partial charge < -0.3 is 5.32 Å². The molecule has 4 heteroatoms. The highest BCUT2D eigenvalue weighted by Gasteiger charge is 2.42. The lowest BCUT2D eigenvalue weighted by atomic mass is 10.1. The molecule has 1 aromatic rings. The molecular formula is C12H14INOS. The van der Waals surface area contributed by atoms with Crippen molar-refractivity contribution >= 4 is 46.8 Å². The molecule has 0 saturated heterocycles. The zero-order chi connectivity index (χ0) is 11.6. The minimum Gasteiger partial charge on any atom is -0.326 e. The van der Waals surface area contributed by atoms with Crippen LogP contribution in [-0.4, -0.2) is 11.7 Å². The van der Waals surface area contributed by atoms with Crippen molar-refractivity contribution in [1.82, 2.24) is 0 Å². The Morgan fingerprint density at radius 3 is 2.50 bits per heavy atom. The molecule has 1 N–H and O–H groups in total. The Morgan fingerprint density at radius 1 is 1.38 bits per heavy atom. The van der Waals surface area contributed by atoms with Crippen LogP contribution in [0.4, 0.5) is 5.69 Å². The van der Waals surface area contributed by atoms with Crippen LogP contribution in [0.15, 0.2) is 24.3 Å². The SMILES string of the molecule is O=C(CC1(CS)CC1)Nc1ccc(I)cc1. The van der Waals surface area contributed by atoms with Crippen molar-refractivity contribution in [3.8, 4) is 0 Å². The molecule has 0 atom stereocenters. The van der Waals surface area contributed by atoms with Crippen LogP contribution >= 0.6 is 35.2 Å². The molecule has 0 spiro atoms. The van der Waals surface area contributed by atoms with E-state index >= 15 is 0 Å². The molecule has 2 rings (SSSR count). The highest BCUT2D eigenvalue weighted by atomic mass is 127. The number of carbonyl (C=O) groups excluding carboxylic acids is 1. The monoisotopic (exact) mass is 347 g/mol. The number of amides is 1. The Bertz CT molecular complexity index is 387. The molecule has 86 valence electrons. The van der Waals surface area contributed by atoms with Gasteiger partial charge in [0.1, 0.15) is 0 Å². The molecule has 1 aromatic carbocycles. The van der Waals surface area contributed by atoms with E-state index in [2.05, 4.69) is 40.5 Å². The number of carbonyl (C=O) groups is 1. The van der Waals surface area contributed by atoms with Gasteiger partial charge in [-0.25, -0.2) is 0 Å². The van der Waals surface area contributed by atoms with Gasteiger partial charge in [-0.05, 0) is 70.9 Å². The van der Waals surface area contributed by atoms with Crippen molar-refractivity contribution in [2.45, 2.75) is 19.3 Å². The summed E-state index contributed by atoms with van der Waals surface area (Å²) in [7, 11) is 0. The predicted octanol–water partition coefficient (Wildman–Crippen LogP) is 3.33. The minimum absolute atomic E-state index is 0.104. The lowest BCUT2D eigenvalue weighted by molar-refractivity contribution is -0.117. The van der Waals surface area contributed by atoms with Crippen LogP contribution in [0.3, 0.4) is 0 Å². The van der Waals surface area contributed by atoms with Crippen LogP contribution in [-0.2, 0) is 4.79 Å². The van der Waals surface area contributed by atoms with Crippen molar-refractivity contribution < 1.29 is 4.79 Å². The maximum atomic E-state index is 11.8. The van der Waals surface area contributed by atoms with Gasteiger partial charge in [0.25, 0.3) is 0 Å². The summed E-state index contributed by atoms with van der Waals surface area (Å²) in [6, 6.07) is 7.84. The van der Waals surface area contributed by atoms with Crippen molar-refractivity contribution in [1.29, 1.82) is 0 Å².